The fraction of sp³-hybridized carbons (Fsp3) is 0.259. The second kappa shape index (κ2) is 15.2. The van der Waals surface area contributed by atoms with Gasteiger partial charge in [-0.3, -0.25) is 24.6 Å². The third-order valence-corrected chi connectivity index (χ3v) is 6.65. The molecule has 41 heavy (non-hydrogen) atoms. The molecule has 1 atom stereocenters. The highest BCUT2D eigenvalue weighted by Crippen LogP contribution is 2.13. The number of benzene rings is 1. The molecule has 3 rings (SSSR count). The van der Waals surface area contributed by atoms with Crippen molar-refractivity contribution in [2.45, 2.75) is 36.6 Å². The van der Waals surface area contributed by atoms with E-state index in [-0.39, 0.29) is 34.2 Å². The zero-order valence-corrected chi connectivity index (χ0v) is 23.0. The second-order valence-electron chi connectivity index (χ2n) is 8.75. The largest absolute Gasteiger partial charge is 0.467 e. The van der Waals surface area contributed by atoms with Crippen LogP contribution < -0.4 is 16.1 Å². The van der Waals surface area contributed by atoms with Gasteiger partial charge in [-0.15, -0.1) is 0 Å². The predicted molar refractivity (Wildman–Crippen MR) is 150 cm³/mol. The molecule has 14 heteroatoms. The monoisotopic (exact) mass is 582 g/mol. The zero-order chi connectivity index (χ0) is 29.7. The minimum absolute atomic E-state index is 0.130. The molecule has 216 valence electrons. The smallest absolute Gasteiger partial charge is 0.328 e. The molecule has 0 saturated heterocycles. The van der Waals surface area contributed by atoms with Crippen molar-refractivity contribution in [2.75, 3.05) is 19.1 Å². The van der Waals surface area contributed by atoms with Crippen LogP contribution in [0.15, 0.2) is 77.1 Å². The van der Waals surface area contributed by atoms with Crippen LogP contribution in [0.1, 0.15) is 40.7 Å². The summed E-state index contributed by atoms with van der Waals surface area (Å²) in [5.74, 6) is -0.994. The number of nitrogens with one attached hydrogen (secondary N) is 3. The topological polar surface area (TPSA) is 189 Å². The molecule has 1 aromatic carbocycles. The summed E-state index contributed by atoms with van der Waals surface area (Å²) in [6, 6.07) is 11.4. The van der Waals surface area contributed by atoms with E-state index in [9.17, 15) is 27.4 Å². The summed E-state index contributed by atoms with van der Waals surface area (Å²) < 4.78 is 37.1. The molecule has 0 bridgehead atoms. The fourth-order valence-corrected chi connectivity index (χ4v) is 4.34. The van der Waals surface area contributed by atoms with Gasteiger partial charge >= 0.3 is 5.97 Å². The van der Waals surface area contributed by atoms with Crippen LogP contribution in [-0.2, 0) is 30.9 Å². The molecule has 0 radical (unpaired) electrons. The predicted octanol–water partition coefficient (Wildman–Crippen LogP) is 1.97. The summed E-state index contributed by atoms with van der Waals surface area (Å²) >= 11 is 0. The zero-order valence-electron chi connectivity index (χ0n) is 22.2. The maximum absolute atomic E-state index is 12.7. The summed E-state index contributed by atoms with van der Waals surface area (Å²) in [5.41, 5.74) is 3.78. The van der Waals surface area contributed by atoms with Crippen LogP contribution in [0.4, 0.5) is 5.82 Å². The van der Waals surface area contributed by atoms with Crippen molar-refractivity contribution in [3.8, 4) is 0 Å². The van der Waals surface area contributed by atoms with E-state index in [0.29, 0.717) is 25.8 Å². The van der Waals surface area contributed by atoms with Crippen LogP contribution in [-0.4, -0.2) is 66.6 Å². The van der Waals surface area contributed by atoms with Gasteiger partial charge in [0.2, 0.25) is 5.91 Å². The number of hydrazone groups is 1. The van der Waals surface area contributed by atoms with E-state index >= 15 is 0 Å². The Kier molecular flexibility index (Phi) is 11.4. The summed E-state index contributed by atoms with van der Waals surface area (Å²) in [7, 11) is -3.18. The van der Waals surface area contributed by atoms with Gasteiger partial charge in [0, 0.05) is 30.7 Å². The lowest BCUT2D eigenvalue weighted by Crippen LogP contribution is -2.41. The van der Waals surface area contributed by atoms with Gasteiger partial charge in [0.15, 0.2) is 0 Å². The van der Waals surface area contributed by atoms with Crippen LogP contribution in [0.5, 0.6) is 0 Å². The molecular formula is C27H30N6O7S. The number of unbranched alkanes of at least 4 members (excludes halogenated alkanes) is 1. The van der Waals surface area contributed by atoms with E-state index in [0.717, 1.165) is 5.56 Å². The lowest BCUT2D eigenvalue weighted by Gasteiger charge is -2.16. The Labute approximate surface area is 237 Å². The van der Waals surface area contributed by atoms with E-state index < -0.39 is 28.0 Å². The first-order chi connectivity index (χ1) is 19.7. The van der Waals surface area contributed by atoms with Crippen LogP contribution in [0.3, 0.4) is 0 Å². The number of rotatable bonds is 14. The lowest BCUT2D eigenvalue weighted by atomic mass is 10.1. The standard InChI is InChI=1S/C27H30N6O7S/c1-40-27(36)22(9-4-5-14-29-25(34)15-19-7-6-13-28-16-19)32-26(35)21-11-12-24(30-17-21)33-31-18-20-8-2-3-10-23(20)41(37,38)39/h2-3,6-8,10-13,16-18,22H,4-5,9,14-15H2,1H3,(H,29,34)(H,30,33)(H,32,35)(H,37,38,39). The molecule has 3 aromatic rings. The maximum atomic E-state index is 12.7. The van der Waals surface area contributed by atoms with Crippen molar-refractivity contribution in [3.05, 3.63) is 83.8 Å². The number of amides is 2. The summed E-state index contributed by atoms with van der Waals surface area (Å²) in [6.07, 6.45) is 7.44. The minimum Gasteiger partial charge on any atom is -0.467 e. The summed E-state index contributed by atoms with van der Waals surface area (Å²) in [6.45, 7) is 0.420. The van der Waals surface area contributed by atoms with Crippen molar-refractivity contribution in [1.82, 2.24) is 20.6 Å². The first kappa shape index (κ1) is 30.8. The molecule has 0 aliphatic carbocycles. The number of nitrogens with zero attached hydrogens (tertiary/aromatic N) is 3. The van der Waals surface area contributed by atoms with Crippen LogP contribution in [0.25, 0.3) is 0 Å². The van der Waals surface area contributed by atoms with Crippen LogP contribution in [0, 0.1) is 0 Å². The average Bonchev–Trinajstić information content (AvgIpc) is 2.96. The number of hydrogen-bond donors (Lipinski definition) is 4. The Balaban J connectivity index is 1.47. The van der Waals surface area contributed by atoms with Crippen molar-refractivity contribution >= 4 is 39.9 Å². The number of esters is 1. The molecule has 2 amide bonds. The Morgan fingerprint density at radius 1 is 1.07 bits per heavy atom. The van der Waals surface area contributed by atoms with Crippen molar-refractivity contribution in [3.63, 3.8) is 0 Å². The highest BCUT2D eigenvalue weighted by Gasteiger charge is 2.22. The van der Waals surface area contributed by atoms with Gasteiger partial charge in [-0.2, -0.15) is 13.5 Å². The number of methoxy groups -OCH3 is 1. The summed E-state index contributed by atoms with van der Waals surface area (Å²) in [4.78, 5) is 44.8. The Bertz CT molecular complexity index is 1460. The maximum Gasteiger partial charge on any atom is 0.328 e. The quantitative estimate of drug-likeness (QED) is 0.0719. The molecule has 4 N–H and O–H groups in total. The van der Waals surface area contributed by atoms with E-state index in [2.05, 4.69) is 31.1 Å². The third-order valence-electron chi connectivity index (χ3n) is 5.73. The summed E-state index contributed by atoms with van der Waals surface area (Å²) in [5, 5.41) is 9.38. The lowest BCUT2D eigenvalue weighted by molar-refractivity contribution is -0.143. The second-order valence-corrected chi connectivity index (χ2v) is 10.1. The van der Waals surface area contributed by atoms with Gasteiger partial charge in [-0.25, -0.2) is 9.78 Å². The van der Waals surface area contributed by atoms with E-state index in [1.54, 1.807) is 24.5 Å². The van der Waals surface area contributed by atoms with Crippen molar-refractivity contribution in [2.24, 2.45) is 5.10 Å². The number of aromatic nitrogens is 2. The average molecular weight is 583 g/mol. The number of pyridine rings is 2. The van der Waals surface area contributed by atoms with Crippen LogP contribution in [0.2, 0.25) is 0 Å². The molecule has 1 unspecified atom stereocenters. The SMILES string of the molecule is COC(=O)C(CCCCNC(=O)Cc1cccnc1)NC(=O)c1ccc(NN=Cc2ccccc2S(=O)(=O)O)nc1. The minimum atomic E-state index is -4.42. The Morgan fingerprint density at radius 2 is 1.88 bits per heavy atom. The number of carbonyl (C=O) groups excluding carboxylic acids is 3. The van der Waals surface area contributed by atoms with Gasteiger partial charge in [0.25, 0.3) is 16.0 Å². The first-order valence-electron chi connectivity index (χ1n) is 12.5. The fourth-order valence-electron chi connectivity index (χ4n) is 3.67. The molecule has 2 heterocycles. The molecule has 0 aliphatic rings. The van der Waals surface area contributed by atoms with Gasteiger partial charge in [0.05, 0.1) is 25.3 Å². The number of anilines is 1. The highest BCUT2D eigenvalue weighted by atomic mass is 32.2. The van der Waals surface area contributed by atoms with Gasteiger partial charge < -0.3 is 15.4 Å². The number of ether oxygens (including phenoxy) is 1. The molecule has 0 aliphatic heterocycles. The first-order valence-corrected chi connectivity index (χ1v) is 14.0. The number of hydrogen-bond acceptors (Lipinski definition) is 10. The Morgan fingerprint density at radius 3 is 2.56 bits per heavy atom. The van der Waals surface area contributed by atoms with Crippen LogP contribution >= 0.6 is 0 Å². The Hall–Kier alpha value is -4.69. The normalized spacial score (nSPS) is 12.0. The van der Waals surface area contributed by atoms with Gasteiger partial charge in [-0.05, 0) is 49.1 Å². The highest BCUT2D eigenvalue weighted by molar-refractivity contribution is 7.86. The molecule has 0 fully saturated rings. The molecule has 2 aromatic heterocycles. The van der Waals surface area contributed by atoms with E-state index in [1.165, 1.54) is 49.9 Å². The van der Waals surface area contributed by atoms with Crippen molar-refractivity contribution < 1.29 is 32.1 Å². The van der Waals surface area contributed by atoms with E-state index in [4.69, 9.17) is 4.74 Å². The molecule has 0 spiro atoms. The van der Waals surface area contributed by atoms with Gasteiger partial charge in [0.1, 0.15) is 16.8 Å². The van der Waals surface area contributed by atoms with Crippen molar-refractivity contribution in [1.29, 1.82) is 0 Å². The van der Waals surface area contributed by atoms with E-state index in [1.807, 2.05) is 6.07 Å². The number of carbonyl (C=O) groups is 3. The molecular weight excluding hydrogens is 552 g/mol. The third kappa shape index (κ3) is 10.1. The molecule has 13 nitrogen and oxygen atoms in total. The molecule has 0 saturated carbocycles. The van der Waals surface area contributed by atoms with Gasteiger partial charge in [-0.1, -0.05) is 24.3 Å².